The Morgan fingerprint density at radius 1 is 0.853 bits per heavy atom. The molecule has 182 valence electrons. The Morgan fingerprint density at radius 2 is 1.65 bits per heavy atom. The van der Waals surface area contributed by atoms with Crippen LogP contribution < -0.4 is 0 Å². The molecular weight excluding hydrogens is 432 g/mol. The van der Waals surface area contributed by atoms with Crippen LogP contribution in [0.5, 0.6) is 0 Å². The summed E-state index contributed by atoms with van der Waals surface area (Å²) in [6.45, 7) is 6.86. The van der Waals surface area contributed by atoms with Crippen molar-refractivity contribution in [2.45, 2.75) is 45.1 Å². The fraction of sp³-hybridized carbons (Fsp3) is 0.536. The lowest BCUT2D eigenvalue weighted by atomic mass is 9.89. The summed E-state index contributed by atoms with van der Waals surface area (Å²) in [5, 5.41) is 0. The molecule has 2 aromatic carbocycles. The second kappa shape index (κ2) is 10.5. The Balaban J connectivity index is 1.13. The summed E-state index contributed by atoms with van der Waals surface area (Å²) in [6, 6.07) is 9.64. The average Bonchev–Trinajstić information content (AvgIpc) is 2.85. The van der Waals surface area contributed by atoms with Gasteiger partial charge in [0.25, 0.3) is 0 Å². The molecule has 2 aliphatic heterocycles. The Bertz CT molecular complexity index is 1010. The first-order valence-corrected chi connectivity index (χ1v) is 12.8. The van der Waals surface area contributed by atoms with Crippen molar-refractivity contribution in [3.05, 3.63) is 59.2 Å². The van der Waals surface area contributed by atoms with Gasteiger partial charge in [-0.25, -0.2) is 8.78 Å². The standard InChI is InChI=1S/C28H35F2N3O/c29-25-8-9-26(27(30)17-25)23-6-7-24-19-32(11-10-22(24)16-23)20-28(34)33-14-12-31(13-15-33)18-21-4-2-1-3-5-21/h6-9,16-17,21H,1-5,10-15,18-20H2. The fourth-order valence-electron chi connectivity index (χ4n) is 5.84. The van der Waals surface area contributed by atoms with Crippen LogP contribution in [0.4, 0.5) is 8.78 Å². The third kappa shape index (κ3) is 5.49. The molecule has 0 aromatic heterocycles. The lowest BCUT2D eigenvalue weighted by Gasteiger charge is -2.38. The van der Waals surface area contributed by atoms with Crippen molar-refractivity contribution < 1.29 is 13.6 Å². The Morgan fingerprint density at radius 3 is 2.41 bits per heavy atom. The minimum Gasteiger partial charge on any atom is -0.339 e. The van der Waals surface area contributed by atoms with Crippen molar-refractivity contribution in [1.29, 1.82) is 0 Å². The van der Waals surface area contributed by atoms with Gasteiger partial charge in [-0.2, -0.15) is 0 Å². The highest BCUT2D eigenvalue weighted by molar-refractivity contribution is 5.78. The zero-order valence-electron chi connectivity index (χ0n) is 19.9. The predicted octanol–water partition coefficient (Wildman–Crippen LogP) is 4.71. The first kappa shape index (κ1) is 23.4. The van der Waals surface area contributed by atoms with Crippen molar-refractivity contribution >= 4 is 5.91 Å². The molecule has 5 rings (SSSR count). The van der Waals surface area contributed by atoms with Crippen LogP contribution in [0.15, 0.2) is 36.4 Å². The summed E-state index contributed by atoms with van der Waals surface area (Å²) < 4.78 is 27.5. The van der Waals surface area contributed by atoms with Crippen molar-refractivity contribution in [2.75, 3.05) is 45.8 Å². The van der Waals surface area contributed by atoms with Crippen molar-refractivity contribution in [2.24, 2.45) is 5.92 Å². The maximum absolute atomic E-state index is 14.2. The topological polar surface area (TPSA) is 26.8 Å². The molecule has 34 heavy (non-hydrogen) atoms. The van der Waals surface area contributed by atoms with E-state index >= 15 is 0 Å². The molecule has 0 radical (unpaired) electrons. The first-order valence-electron chi connectivity index (χ1n) is 12.8. The molecule has 1 aliphatic carbocycles. The zero-order valence-corrected chi connectivity index (χ0v) is 19.9. The van der Waals surface area contributed by atoms with Gasteiger partial charge in [0, 0.05) is 57.4 Å². The van der Waals surface area contributed by atoms with Crippen molar-refractivity contribution in [3.63, 3.8) is 0 Å². The summed E-state index contributed by atoms with van der Waals surface area (Å²) in [6.07, 6.45) is 7.73. The number of rotatable bonds is 5. The molecular formula is C28H35F2N3O. The van der Waals surface area contributed by atoms with Crippen LogP contribution in [0.2, 0.25) is 0 Å². The SMILES string of the molecule is O=C(CN1CCc2cc(-c3ccc(F)cc3F)ccc2C1)N1CCN(CC2CCCCC2)CC1. The van der Waals surface area contributed by atoms with Gasteiger partial charge in [0.1, 0.15) is 11.6 Å². The minimum absolute atomic E-state index is 0.228. The van der Waals surface area contributed by atoms with Gasteiger partial charge in [0.2, 0.25) is 5.91 Å². The van der Waals surface area contributed by atoms with E-state index in [9.17, 15) is 13.6 Å². The summed E-state index contributed by atoms with van der Waals surface area (Å²) >= 11 is 0. The number of hydrogen-bond donors (Lipinski definition) is 0. The highest BCUT2D eigenvalue weighted by atomic mass is 19.1. The highest BCUT2D eigenvalue weighted by Gasteiger charge is 2.26. The lowest BCUT2D eigenvalue weighted by molar-refractivity contribution is -0.134. The molecule has 2 heterocycles. The maximum Gasteiger partial charge on any atom is 0.236 e. The highest BCUT2D eigenvalue weighted by Crippen LogP contribution is 2.29. The number of halogens is 2. The van der Waals surface area contributed by atoms with Gasteiger partial charge >= 0.3 is 0 Å². The van der Waals surface area contributed by atoms with Gasteiger partial charge in [-0.3, -0.25) is 14.6 Å². The third-order valence-electron chi connectivity index (χ3n) is 7.86. The van der Waals surface area contributed by atoms with Crippen molar-refractivity contribution in [1.82, 2.24) is 14.7 Å². The molecule has 2 fully saturated rings. The normalized spacial score (nSPS) is 20.4. The van der Waals surface area contributed by atoms with Gasteiger partial charge in [-0.1, -0.05) is 37.5 Å². The Kier molecular flexibility index (Phi) is 7.26. The molecule has 1 saturated carbocycles. The van der Waals surface area contributed by atoms with Crippen LogP contribution in [-0.2, 0) is 17.8 Å². The Hall–Kier alpha value is -2.31. The molecule has 4 nitrogen and oxygen atoms in total. The molecule has 0 bridgehead atoms. The van der Waals surface area contributed by atoms with Gasteiger partial charge in [0.15, 0.2) is 0 Å². The number of amides is 1. The molecule has 0 atom stereocenters. The van der Waals surface area contributed by atoms with E-state index in [1.807, 2.05) is 23.1 Å². The van der Waals surface area contributed by atoms with E-state index in [4.69, 9.17) is 0 Å². The molecule has 0 unspecified atom stereocenters. The molecule has 1 amide bonds. The monoisotopic (exact) mass is 467 g/mol. The smallest absolute Gasteiger partial charge is 0.236 e. The fourth-order valence-corrected chi connectivity index (χ4v) is 5.84. The van der Waals surface area contributed by atoms with Crippen LogP contribution >= 0.6 is 0 Å². The van der Waals surface area contributed by atoms with Crippen LogP contribution in [0.3, 0.4) is 0 Å². The van der Waals surface area contributed by atoms with E-state index in [0.717, 1.165) is 63.2 Å². The molecule has 3 aliphatic rings. The zero-order chi connectivity index (χ0) is 23.5. The van der Waals surface area contributed by atoms with E-state index < -0.39 is 11.6 Å². The number of piperazine rings is 1. The largest absolute Gasteiger partial charge is 0.339 e. The van der Waals surface area contributed by atoms with Gasteiger partial charge in [-0.05, 0) is 54.0 Å². The second-order valence-corrected chi connectivity index (χ2v) is 10.3. The number of benzene rings is 2. The van der Waals surface area contributed by atoms with E-state index in [1.165, 1.54) is 61.9 Å². The van der Waals surface area contributed by atoms with E-state index in [-0.39, 0.29) is 5.91 Å². The molecule has 1 saturated heterocycles. The van der Waals surface area contributed by atoms with Crippen LogP contribution in [-0.4, -0.2) is 66.4 Å². The van der Waals surface area contributed by atoms with Crippen LogP contribution in [0.1, 0.15) is 43.2 Å². The van der Waals surface area contributed by atoms with E-state index in [2.05, 4.69) is 9.80 Å². The number of nitrogens with zero attached hydrogens (tertiary/aromatic N) is 3. The second-order valence-electron chi connectivity index (χ2n) is 10.3. The van der Waals surface area contributed by atoms with Crippen LogP contribution in [0.25, 0.3) is 11.1 Å². The molecule has 0 spiro atoms. The van der Waals surface area contributed by atoms with Crippen LogP contribution in [0, 0.1) is 17.6 Å². The molecule has 0 N–H and O–H groups in total. The summed E-state index contributed by atoms with van der Waals surface area (Å²) in [7, 11) is 0. The average molecular weight is 468 g/mol. The molecule has 6 heteroatoms. The van der Waals surface area contributed by atoms with E-state index in [0.29, 0.717) is 12.1 Å². The summed E-state index contributed by atoms with van der Waals surface area (Å²) in [4.78, 5) is 19.8. The minimum atomic E-state index is -0.565. The maximum atomic E-state index is 14.2. The number of carbonyl (C=O) groups excluding carboxylic acids is 1. The summed E-state index contributed by atoms with van der Waals surface area (Å²) in [5.74, 6) is -0.0257. The third-order valence-corrected chi connectivity index (χ3v) is 7.86. The predicted molar refractivity (Wildman–Crippen MR) is 130 cm³/mol. The summed E-state index contributed by atoms with van der Waals surface area (Å²) in [5.41, 5.74) is 3.56. The number of fused-ring (bicyclic) bond motifs is 1. The quantitative estimate of drug-likeness (QED) is 0.637. The van der Waals surface area contributed by atoms with E-state index in [1.54, 1.807) is 0 Å². The van der Waals surface area contributed by atoms with Gasteiger partial charge in [-0.15, -0.1) is 0 Å². The first-order chi connectivity index (χ1) is 16.5. The number of carbonyl (C=O) groups is 1. The number of hydrogen-bond acceptors (Lipinski definition) is 3. The molecule has 2 aromatic rings. The van der Waals surface area contributed by atoms with Gasteiger partial charge < -0.3 is 4.90 Å². The van der Waals surface area contributed by atoms with Crippen molar-refractivity contribution in [3.8, 4) is 11.1 Å². The lowest BCUT2D eigenvalue weighted by Crippen LogP contribution is -2.52. The van der Waals surface area contributed by atoms with Gasteiger partial charge in [0.05, 0.1) is 6.54 Å². The Labute approximate surface area is 201 Å².